The van der Waals surface area contributed by atoms with Crippen LogP contribution in [0.25, 0.3) is 16.6 Å². The molecule has 10 heteroatoms. The molecule has 0 fully saturated rings. The standard InChI is InChI=1S/C24H23ClN8O/c1-12(2)14-6-4-7-15(10-14)33-22(30-18-9-5-8-17(25)19(18)23(33)34)13(3)29-21-16(11-26)20(27)31-24(28)32-21/h4-10,12-13H,1-3H3,(H5,27,28,29,31,32). The van der Waals surface area contributed by atoms with Gasteiger partial charge in [0, 0.05) is 0 Å². The third-order valence-corrected chi connectivity index (χ3v) is 5.79. The summed E-state index contributed by atoms with van der Waals surface area (Å²) in [7, 11) is 0. The Morgan fingerprint density at radius 3 is 2.53 bits per heavy atom. The van der Waals surface area contributed by atoms with E-state index in [9.17, 15) is 10.1 Å². The van der Waals surface area contributed by atoms with Gasteiger partial charge in [-0.2, -0.15) is 15.2 Å². The highest BCUT2D eigenvalue weighted by atomic mass is 35.5. The highest BCUT2D eigenvalue weighted by Crippen LogP contribution is 2.27. The van der Waals surface area contributed by atoms with Gasteiger partial charge in [0.25, 0.3) is 5.56 Å². The van der Waals surface area contributed by atoms with E-state index in [0.29, 0.717) is 27.4 Å². The normalized spacial score (nSPS) is 12.0. The fourth-order valence-corrected chi connectivity index (χ4v) is 4.00. The first-order valence-corrected chi connectivity index (χ1v) is 11.0. The molecule has 9 nitrogen and oxygen atoms in total. The second kappa shape index (κ2) is 9.00. The maximum atomic E-state index is 13.7. The molecule has 2 heterocycles. The fourth-order valence-electron chi connectivity index (χ4n) is 3.75. The zero-order valence-electron chi connectivity index (χ0n) is 18.9. The van der Waals surface area contributed by atoms with Crippen LogP contribution in [0.5, 0.6) is 0 Å². The lowest BCUT2D eigenvalue weighted by molar-refractivity contribution is 0.729. The van der Waals surface area contributed by atoms with Crippen LogP contribution in [0.1, 0.15) is 49.7 Å². The molecule has 2 aromatic carbocycles. The van der Waals surface area contributed by atoms with Crippen molar-refractivity contribution in [1.29, 1.82) is 5.26 Å². The van der Waals surface area contributed by atoms with Gasteiger partial charge in [-0.05, 0) is 42.7 Å². The van der Waals surface area contributed by atoms with Crippen LogP contribution < -0.4 is 22.3 Å². The Kier molecular flexibility index (Phi) is 6.09. The molecule has 0 amide bonds. The van der Waals surface area contributed by atoms with Crippen LogP contribution in [-0.2, 0) is 0 Å². The SMILES string of the molecule is CC(C)c1cccc(-n2c(C(C)Nc3nc(N)nc(N)c3C#N)nc3cccc(Cl)c3c2=O)c1. The van der Waals surface area contributed by atoms with E-state index in [-0.39, 0.29) is 34.6 Å². The predicted octanol–water partition coefficient (Wildman–Crippen LogP) is 4.16. The van der Waals surface area contributed by atoms with Crippen LogP contribution in [0.15, 0.2) is 47.3 Å². The third-order valence-electron chi connectivity index (χ3n) is 5.47. The molecule has 2 aromatic heterocycles. The summed E-state index contributed by atoms with van der Waals surface area (Å²) in [4.78, 5) is 26.5. The van der Waals surface area contributed by atoms with E-state index >= 15 is 0 Å². The number of hydrogen-bond acceptors (Lipinski definition) is 8. The number of nitriles is 1. The van der Waals surface area contributed by atoms with Crippen molar-refractivity contribution in [3.8, 4) is 11.8 Å². The molecule has 1 atom stereocenters. The summed E-state index contributed by atoms with van der Waals surface area (Å²) < 4.78 is 1.53. The molecule has 4 aromatic rings. The van der Waals surface area contributed by atoms with E-state index in [1.807, 2.05) is 30.3 Å². The summed E-state index contributed by atoms with van der Waals surface area (Å²) in [5.41, 5.74) is 13.5. The molecule has 34 heavy (non-hydrogen) atoms. The van der Waals surface area contributed by atoms with Crippen molar-refractivity contribution in [3.05, 3.63) is 74.8 Å². The van der Waals surface area contributed by atoms with Crippen molar-refractivity contribution in [2.45, 2.75) is 32.7 Å². The topological polar surface area (TPSA) is 149 Å². The number of rotatable bonds is 5. The highest BCUT2D eigenvalue weighted by molar-refractivity contribution is 6.35. The minimum absolute atomic E-state index is 0.0371. The summed E-state index contributed by atoms with van der Waals surface area (Å²) in [6, 6.07) is 14.3. The number of aromatic nitrogens is 4. The summed E-state index contributed by atoms with van der Waals surface area (Å²) in [5, 5.41) is 13.3. The number of benzene rings is 2. The van der Waals surface area contributed by atoms with Gasteiger partial charge >= 0.3 is 0 Å². The van der Waals surface area contributed by atoms with E-state index in [1.165, 1.54) is 4.57 Å². The van der Waals surface area contributed by atoms with Gasteiger partial charge in [-0.3, -0.25) is 9.36 Å². The molecule has 172 valence electrons. The van der Waals surface area contributed by atoms with Crippen molar-refractivity contribution < 1.29 is 0 Å². The Labute approximate surface area is 201 Å². The molecular weight excluding hydrogens is 452 g/mol. The number of nitrogen functional groups attached to an aromatic ring is 2. The molecule has 0 saturated carbocycles. The Hall–Kier alpha value is -4.16. The summed E-state index contributed by atoms with van der Waals surface area (Å²) in [5.74, 6) is 0.705. The number of nitrogens with one attached hydrogen (secondary N) is 1. The van der Waals surface area contributed by atoms with Crippen LogP contribution in [-0.4, -0.2) is 19.5 Å². The van der Waals surface area contributed by atoms with E-state index in [4.69, 9.17) is 28.1 Å². The van der Waals surface area contributed by atoms with Gasteiger partial charge in [-0.1, -0.05) is 43.6 Å². The van der Waals surface area contributed by atoms with Crippen molar-refractivity contribution in [2.24, 2.45) is 0 Å². The maximum absolute atomic E-state index is 13.7. The first kappa shape index (κ1) is 23.0. The van der Waals surface area contributed by atoms with Gasteiger partial charge in [-0.25, -0.2) is 4.98 Å². The van der Waals surface area contributed by atoms with Crippen LogP contribution >= 0.6 is 11.6 Å². The van der Waals surface area contributed by atoms with Gasteiger partial charge in [0.05, 0.1) is 27.7 Å². The first-order valence-electron chi connectivity index (χ1n) is 10.6. The van der Waals surface area contributed by atoms with E-state index in [1.54, 1.807) is 25.1 Å². The number of nitrogens with two attached hydrogens (primary N) is 2. The lowest BCUT2D eigenvalue weighted by Gasteiger charge is -2.21. The second-order valence-electron chi connectivity index (χ2n) is 8.16. The highest BCUT2D eigenvalue weighted by Gasteiger charge is 2.22. The molecule has 0 bridgehead atoms. The smallest absolute Gasteiger partial charge is 0.267 e. The zero-order chi connectivity index (χ0) is 24.6. The zero-order valence-corrected chi connectivity index (χ0v) is 19.6. The molecule has 0 aliphatic carbocycles. The minimum Gasteiger partial charge on any atom is -0.382 e. The van der Waals surface area contributed by atoms with Crippen LogP contribution in [0, 0.1) is 11.3 Å². The molecular formula is C24H23ClN8O. The Morgan fingerprint density at radius 1 is 1.09 bits per heavy atom. The van der Waals surface area contributed by atoms with Crippen LogP contribution in [0.2, 0.25) is 5.02 Å². The summed E-state index contributed by atoms with van der Waals surface area (Å²) in [6.07, 6.45) is 0. The lowest BCUT2D eigenvalue weighted by atomic mass is 10.0. The Morgan fingerprint density at radius 2 is 1.82 bits per heavy atom. The molecule has 0 aliphatic heterocycles. The van der Waals surface area contributed by atoms with Crippen LogP contribution in [0.3, 0.4) is 0 Å². The number of fused-ring (bicyclic) bond motifs is 1. The van der Waals surface area contributed by atoms with Gasteiger partial charge < -0.3 is 16.8 Å². The molecule has 1 unspecified atom stereocenters. The largest absolute Gasteiger partial charge is 0.382 e. The van der Waals surface area contributed by atoms with E-state index in [0.717, 1.165) is 5.56 Å². The number of nitrogens with zero attached hydrogens (tertiary/aromatic N) is 5. The molecule has 0 spiro atoms. The molecule has 0 aliphatic rings. The molecule has 0 saturated heterocycles. The van der Waals surface area contributed by atoms with Crippen molar-refractivity contribution >= 4 is 40.1 Å². The average molecular weight is 475 g/mol. The van der Waals surface area contributed by atoms with Gasteiger partial charge in [-0.15, -0.1) is 0 Å². The molecule has 5 N–H and O–H groups in total. The van der Waals surface area contributed by atoms with Crippen LogP contribution in [0.4, 0.5) is 17.6 Å². The van der Waals surface area contributed by atoms with Crippen molar-refractivity contribution in [3.63, 3.8) is 0 Å². The quantitative estimate of drug-likeness (QED) is 0.390. The Bertz CT molecular complexity index is 1510. The Balaban J connectivity index is 1.96. The number of hydrogen-bond donors (Lipinski definition) is 3. The minimum atomic E-state index is -0.570. The second-order valence-corrected chi connectivity index (χ2v) is 8.57. The maximum Gasteiger partial charge on any atom is 0.267 e. The molecule has 0 radical (unpaired) electrons. The average Bonchev–Trinajstić information content (AvgIpc) is 2.78. The first-order chi connectivity index (χ1) is 16.2. The van der Waals surface area contributed by atoms with Crippen molar-refractivity contribution in [1.82, 2.24) is 19.5 Å². The number of anilines is 3. The van der Waals surface area contributed by atoms with E-state index in [2.05, 4.69) is 29.1 Å². The predicted molar refractivity (Wildman–Crippen MR) is 134 cm³/mol. The van der Waals surface area contributed by atoms with Gasteiger partial charge in [0.2, 0.25) is 5.95 Å². The van der Waals surface area contributed by atoms with Gasteiger partial charge in [0.1, 0.15) is 23.3 Å². The fraction of sp³-hybridized carbons (Fsp3) is 0.208. The molecule has 4 rings (SSSR count). The lowest BCUT2D eigenvalue weighted by Crippen LogP contribution is -2.28. The van der Waals surface area contributed by atoms with Gasteiger partial charge in [0.15, 0.2) is 5.82 Å². The van der Waals surface area contributed by atoms with E-state index < -0.39 is 6.04 Å². The third kappa shape index (κ3) is 4.11. The summed E-state index contributed by atoms with van der Waals surface area (Å²) in [6.45, 7) is 5.96. The number of halogens is 1. The monoisotopic (exact) mass is 474 g/mol. The summed E-state index contributed by atoms with van der Waals surface area (Å²) >= 11 is 6.39. The van der Waals surface area contributed by atoms with Crippen molar-refractivity contribution in [2.75, 3.05) is 16.8 Å².